The predicted molar refractivity (Wildman–Crippen MR) is 69.8 cm³/mol. The van der Waals surface area contributed by atoms with Crippen LogP contribution in [0, 0.1) is 5.92 Å². The predicted octanol–water partition coefficient (Wildman–Crippen LogP) is 3.05. The number of aromatic nitrogens is 2. The third-order valence-electron chi connectivity index (χ3n) is 3.70. The van der Waals surface area contributed by atoms with Gasteiger partial charge >= 0.3 is 0 Å². The second-order valence-corrected chi connectivity index (χ2v) is 4.96. The van der Waals surface area contributed by atoms with Crippen molar-refractivity contribution >= 4 is 5.88 Å². The summed E-state index contributed by atoms with van der Waals surface area (Å²) in [5.74, 6) is 1.13. The quantitative estimate of drug-likeness (QED) is 0.899. The zero-order valence-corrected chi connectivity index (χ0v) is 10.3. The van der Waals surface area contributed by atoms with Gasteiger partial charge in [-0.05, 0) is 18.4 Å². The Hall–Kier alpha value is -1.84. The number of hydrogen-bond acceptors (Lipinski definition) is 4. The molecule has 0 aromatic carbocycles. The van der Waals surface area contributed by atoms with E-state index in [4.69, 9.17) is 10.3 Å². The minimum Gasteiger partial charge on any atom is -0.367 e. The Morgan fingerprint density at radius 1 is 1.33 bits per heavy atom. The van der Waals surface area contributed by atoms with Crippen LogP contribution in [0.2, 0.25) is 0 Å². The van der Waals surface area contributed by atoms with Crippen molar-refractivity contribution in [3.8, 4) is 11.1 Å². The molecule has 4 nitrogen and oxygen atoms in total. The molecule has 18 heavy (non-hydrogen) atoms. The van der Waals surface area contributed by atoms with Crippen molar-refractivity contribution in [2.75, 3.05) is 5.73 Å². The zero-order chi connectivity index (χ0) is 12.4. The molecule has 0 saturated heterocycles. The molecule has 0 radical (unpaired) electrons. The highest BCUT2D eigenvalue weighted by atomic mass is 16.5. The molecule has 0 bridgehead atoms. The van der Waals surface area contributed by atoms with Crippen LogP contribution < -0.4 is 5.73 Å². The second-order valence-electron chi connectivity index (χ2n) is 4.96. The van der Waals surface area contributed by atoms with Crippen LogP contribution in [-0.2, 0) is 6.42 Å². The first-order chi connectivity index (χ1) is 8.84. The number of nitrogens with two attached hydrogens (primary N) is 1. The highest BCUT2D eigenvalue weighted by Gasteiger charge is 2.22. The molecule has 2 aromatic rings. The van der Waals surface area contributed by atoms with Crippen LogP contribution in [0.4, 0.5) is 5.88 Å². The molecule has 1 aliphatic rings. The van der Waals surface area contributed by atoms with E-state index < -0.39 is 0 Å². The summed E-state index contributed by atoms with van der Waals surface area (Å²) in [4.78, 5) is 4.13. The van der Waals surface area contributed by atoms with Gasteiger partial charge in [-0.25, -0.2) is 0 Å². The Kier molecular flexibility index (Phi) is 3.00. The molecular weight excluding hydrogens is 226 g/mol. The molecule has 1 saturated carbocycles. The molecule has 2 heterocycles. The van der Waals surface area contributed by atoms with Crippen LogP contribution in [0.5, 0.6) is 0 Å². The molecule has 4 heteroatoms. The highest BCUT2D eigenvalue weighted by molar-refractivity contribution is 5.74. The average Bonchev–Trinajstić information content (AvgIpc) is 3.02. The first kappa shape index (κ1) is 11.3. The summed E-state index contributed by atoms with van der Waals surface area (Å²) in [7, 11) is 0. The molecule has 1 aliphatic carbocycles. The third kappa shape index (κ3) is 2.10. The van der Waals surface area contributed by atoms with Crippen molar-refractivity contribution in [2.45, 2.75) is 32.1 Å². The summed E-state index contributed by atoms with van der Waals surface area (Å²) in [6.45, 7) is 0. The molecule has 2 aromatic heterocycles. The van der Waals surface area contributed by atoms with E-state index >= 15 is 0 Å². The first-order valence-electron chi connectivity index (χ1n) is 6.49. The van der Waals surface area contributed by atoms with Gasteiger partial charge < -0.3 is 10.3 Å². The van der Waals surface area contributed by atoms with Gasteiger partial charge in [0.25, 0.3) is 0 Å². The van der Waals surface area contributed by atoms with Gasteiger partial charge in [-0.1, -0.05) is 36.9 Å². The van der Waals surface area contributed by atoms with Crippen molar-refractivity contribution in [3.05, 3.63) is 30.2 Å². The van der Waals surface area contributed by atoms with Crippen LogP contribution in [0.25, 0.3) is 11.1 Å². The molecule has 0 aliphatic heterocycles. The SMILES string of the molecule is Nc1onc(CC2CCCC2)c1-c1cccnc1. The summed E-state index contributed by atoms with van der Waals surface area (Å²) in [5.41, 5.74) is 8.79. The van der Waals surface area contributed by atoms with E-state index in [1.165, 1.54) is 25.7 Å². The van der Waals surface area contributed by atoms with Crippen LogP contribution >= 0.6 is 0 Å². The molecule has 0 unspecified atom stereocenters. The molecule has 1 fully saturated rings. The van der Waals surface area contributed by atoms with Crippen LogP contribution in [0.3, 0.4) is 0 Å². The van der Waals surface area contributed by atoms with E-state index in [-0.39, 0.29) is 0 Å². The maximum Gasteiger partial charge on any atom is 0.230 e. The van der Waals surface area contributed by atoms with Gasteiger partial charge in [0.2, 0.25) is 5.88 Å². The summed E-state index contributed by atoms with van der Waals surface area (Å²) in [6, 6.07) is 3.90. The summed E-state index contributed by atoms with van der Waals surface area (Å²) in [6.07, 6.45) is 9.77. The topological polar surface area (TPSA) is 64.9 Å². The maximum atomic E-state index is 5.89. The van der Waals surface area contributed by atoms with Gasteiger partial charge in [-0.3, -0.25) is 4.98 Å². The number of anilines is 1. The van der Waals surface area contributed by atoms with Gasteiger partial charge in [0.15, 0.2) is 0 Å². The van der Waals surface area contributed by atoms with E-state index in [0.717, 1.165) is 29.2 Å². The van der Waals surface area contributed by atoms with Crippen molar-refractivity contribution in [1.82, 2.24) is 10.1 Å². The fourth-order valence-corrected chi connectivity index (χ4v) is 2.78. The fourth-order valence-electron chi connectivity index (χ4n) is 2.78. The minimum atomic E-state index is 0.399. The van der Waals surface area contributed by atoms with Gasteiger partial charge in [-0.15, -0.1) is 0 Å². The number of nitrogens with zero attached hydrogens (tertiary/aromatic N) is 2. The van der Waals surface area contributed by atoms with E-state index in [1.54, 1.807) is 12.4 Å². The number of hydrogen-bond donors (Lipinski definition) is 1. The van der Waals surface area contributed by atoms with E-state index in [1.807, 2.05) is 12.1 Å². The van der Waals surface area contributed by atoms with Crippen LogP contribution in [0.1, 0.15) is 31.4 Å². The number of pyridine rings is 1. The summed E-state index contributed by atoms with van der Waals surface area (Å²) in [5, 5.41) is 4.13. The Morgan fingerprint density at radius 2 is 2.17 bits per heavy atom. The summed E-state index contributed by atoms with van der Waals surface area (Å²) < 4.78 is 5.16. The number of rotatable bonds is 3. The van der Waals surface area contributed by atoms with Gasteiger partial charge in [0.05, 0.1) is 11.3 Å². The monoisotopic (exact) mass is 243 g/mol. The van der Waals surface area contributed by atoms with E-state index in [9.17, 15) is 0 Å². The highest BCUT2D eigenvalue weighted by Crippen LogP contribution is 2.34. The Morgan fingerprint density at radius 3 is 2.89 bits per heavy atom. The van der Waals surface area contributed by atoms with Crippen molar-refractivity contribution in [2.24, 2.45) is 5.92 Å². The van der Waals surface area contributed by atoms with Crippen molar-refractivity contribution in [1.29, 1.82) is 0 Å². The van der Waals surface area contributed by atoms with Gasteiger partial charge in [-0.2, -0.15) is 0 Å². The Balaban J connectivity index is 1.91. The fraction of sp³-hybridized carbons (Fsp3) is 0.429. The molecule has 3 rings (SSSR count). The lowest BCUT2D eigenvalue weighted by atomic mass is 9.97. The third-order valence-corrected chi connectivity index (χ3v) is 3.70. The molecular formula is C14H17N3O. The van der Waals surface area contributed by atoms with Crippen molar-refractivity contribution in [3.63, 3.8) is 0 Å². The molecule has 0 spiro atoms. The van der Waals surface area contributed by atoms with Gasteiger partial charge in [0.1, 0.15) is 0 Å². The standard InChI is InChI=1S/C14H17N3O/c15-14-13(11-6-3-7-16-9-11)12(17-18-14)8-10-4-1-2-5-10/h3,6-7,9-10H,1-2,4-5,8,15H2. The van der Waals surface area contributed by atoms with Crippen LogP contribution in [-0.4, -0.2) is 10.1 Å². The van der Waals surface area contributed by atoms with Gasteiger partial charge in [0, 0.05) is 18.0 Å². The normalized spacial score (nSPS) is 16.2. The lowest BCUT2D eigenvalue weighted by Gasteiger charge is -2.07. The largest absolute Gasteiger partial charge is 0.367 e. The maximum absolute atomic E-state index is 5.89. The van der Waals surface area contributed by atoms with Crippen molar-refractivity contribution < 1.29 is 4.52 Å². The molecule has 94 valence electrons. The second kappa shape index (κ2) is 4.80. The number of nitrogen functional groups attached to an aromatic ring is 1. The molecule has 2 N–H and O–H groups in total. The minimum absolute atomic E-state index is 0.399. The average molecular weight is 243 g/mol. The lowest BCUT2D eigenvalue weighted by Crippen LogP contribution is -2.01. The Labute approximate surface area is 106 Å². The first-order valence-corrected chi connectivity index (χ1v) is 6.49. The smallest absolute Gasteiger partial charge is 0.230 e. The zero-order valence-electron chi connectivity index (χ0n) is 10.3. The van der Waals surface area contributed by atoms with E-state index in [2.05, 4.69) is 10.1 Å². The van der Waals surface area contributed by atoms with Crippen LogP contribution in [0.15, 0.2) is 29.0 Å². The lowest BCUT2D eigenvalue weighted by molar-refractivity contribution is 0.417. The van der Waals surface area contributed by atoms with E-state index in [0.29, 0.717) is 5.88 Å². The Bertz CT molecular complexity index is 515. The molecule has 0 atom stereocenters. The summed E-state index contributed by atoms with van der Waals surface area (Å²) >= 11 is 0. The molecule has 0 amide bonds.